The molecule has 25 heavy (non-hydrogen) atoms. The molecule has 3 nitrogen and oxygen atoms in total. The molecule has 1 heterocycles. The van der Waals surface area contributed by atoms with Crippen LogP contribution in [0.4, 0.5) is 0 Å². The van der Waals surface area contributed by atoms with Gasteiger partial charge < -0.3 is 10.1 Å². The zero-order valence-electron chi connectivity index (χ0n) is 13.9. The number of ether oxygens (including phenoxy) is 1. The van der Waals surface area contributed by atoms with Crippen LogP contribution in [-0.4, -0.2) is 12.5 Å². The van der Waals surface area contributed by atoms with Gasteiger partial charge in [-0.25, -0.2) is 0 Å². The maximum absolute atomic E-state index is 11.8. The highest BCUT2D eigenvalue weighted by atomic mass is 16.5. The first-order valence-electron chi connectivity index (χ1n) is 8.48. The van der Waals surface area contributed by atoms with E-state index in [1.54, 1.807) is 0 Å². The van der Waals surface area contributed by atoms with E-state index >= 15 is 0 Å². The molecule has 0 unspecified atom stereocenters. The molecule has 1 N–H and O–H groups in total. The Bertz CT molecular complexity index is 903. The molecule has 0 saturated heterocycles. The van der Waals surface area contributed by atoms with E-state index in [4.69, 9.17) is 4.74 Å². The Morgan fingerprint density at radius 1 is 0.880 bits per heavy atom. The van der Waals surface area contributed by atoms with E-state index < -0.39 is 0 Å². The predicted octanol–water partition coefficient (Wildman–Crippen LogP) is 4.22. The highest BCUT2D eigenvalue weighted by Gasteiger charge is 2.16. The van der Waals surface area contributed by atoms with Gasteiger partial charge in [0, 0.05) is 12.1 Å². The van der Waals surface area contributed by atoms with Crippen LogP contribution in [0.1, 0.15) is 21.5 Å². The highest BCUT2D eigenvalue weighted by molar-refractivity contribution is 5.96. The SMILES string of the molecule is O=C1NCCc2cc(OCc3ccccc3-c3ccccc3)ccc21. The van der Waals surface area contributed by atoms with Crippen LogP contribution in [0, 0.1) is 0 Å². The van der Waals surface area contributed by atoms with Gasteiger partial charge in [0.15, 0.2) is 0 Å². The first-order chi connectivity index (χ1) is 12.3. The molecule has 3 aromatic carbocycles. The minimum atomic E-state index is 0.00206. The van der Waals surface area contributed by atoms with E-state index in [-0.39, 0.29) is 5.91 Å². The van der Waals surface area contributed by atoms with Crippen molar-refractivity contribution in [2.75, 3.05) is 6.54 Å². The Labute approximate surface area is 147 Å². The standard InChI is InChI=1S/C22H19NO2/c24-22-21-11-10-19(14-17(21)12-13-23-22)25-15-18-8-4-5-9-20(18)16-6-2-1-3-7-16/h1-11,14H,12-13,15H2,(H,23,24). The molecule has 4 rings (SSSR count). The summed E-state index contributed by atoms with van der Waals surface area (Å²) in [5, 5.41) is 2.86. The van der Waals surface area contributed by atoms with Gasteiger partial charge >= 0.3 is 0 Å². The van der Waals surface area contributed by atoms with Gasteiger partial charge in [-0.15, -0.1) is 0 Å². The summed E-state index contributed by atoms with van der Waals surface area (Å²) in [5.41, 5.74) is 5.31. The number of benzene rings is 3. The van der Waals surface area contributed by atoms with E-state index in [2.05, 4.69) is 29.6 Å². The number of carbonyl (C=O) groups is 1. The molecule has 3 aromatic rings. The second-order valence-electron chi connectivity index (χ2n) is 6.14. The lowest BCUT2D eigenvalue weighted by atomic mass is 9.99. The van der Waals surface area contributed by atoms with Crippen molar-refractivity contribution in [2.45, 2.75) is 13.0 Å². The van der Waals surface area contributed by atoms with Crippen LogP contribution >= 0.6 is 0 Å². The first kappa shape index (κ1) is 15.5. The summed E-state index contributed by atoms with van der Waals surface area (Å²) in [5.74, 6) is 0.804. The van der Waals surface area contributed by atoms with Gasteiger partial charge in [0.25, 0.3) is 5.91 Å². The third-order valence-corrected chi connectivity index (χ3v) is 4.50. The second-order valence-corrected chi connectivity index (χ2v) is 6.14. The van der Waals surface area contributed by atoms with Crippen molar-refractivity contribution < 1.29 is 9.53 Å². The average molecular weight is 329 g/mol. The predicted molar refractivity (Wildman–Crippen MR) is 98.7 cm³/mol. The van der Waals surface area contributed by atoms with Crippen LogP contribution in [0.2, 0.25) is 0 Å². The zero-order valence-corrected chi connectivity index (χ0v) is 13.9. The minimum Gasteiger partial charge on any atom is -0.489 e. The molecule has 0 atom stereocenters. The second kappa shape index (κ2) is 6.81. The first-order valence-corrected chi connectivity index (χ1v) is 8.48. The van der Waals surface area contributed by atoms with Crippen LogP contribution < -0.4 is 10.1 Å². The Balaban J connectivity index is 1.56. The van der Waals surface area contributed by atoms with Gasteiger partial charge in [-0.2, -0.15) is 0 Å². The molecule has 3 heteroatoms. The lowest BCUT2D eigenvalue weighted by Crippen LogP contribution is -2.31. The third kappa shape index (κ3) is 3.26. The Morgan fingerprint density at radius 2 is 1.68 bits per heavy atom. The Hall–Kier alpha value is -3.07. The quantitative estimate of drug-likeness (QED) is 0.778. The molecule has 0 aliphatic carbocycles. The van der Waals surface area contributed by atoms with Crippen LogP contribution in [0.5, 0.6) is 5.75 Å². The van der Waals surface area contributed by atoms with Crippen molar-refractivity contribution in [3.8, 4) is 16.9 Å². The number of carbonyl (C=O) groups excluding carboxylic acids is 1. The molecular weight excluding hydrogens is 310 g/mol. The van der Waals surface area contributed by atoms with Crippen LogP contribution in [-0.2, 0) is 13.0 Å². The molecule has 0 spiro atoms. The zero-order chi connectivity index (χ0) is 17.1. The van der Waals surface area contributed by atoms with E-state index in [1.807, 2.05) is 48.5 Å². The lowest BCUT2D eigenvalue weighted by molar-refractivity contribution is 0.0946. The number of nitrogens with one attached hydrogen (secondary N) is 1. The summed E-state index contributed by atoms with van der Waals surface area (Å²) in [4.78, 5) is 11.8. The maximum Gasteiger partial charge on any atom is 0.251 e. The van der Waals surface area contributed by atoms with E-state index in [0.717, 1.165) is 28.9 Å². The van der Waals surface area contributed by atoms with Gasteiger partial charge in [-0.3, -0.25) is 4.79 Å². The van der Waals surface area contributed by atoms with Crippen LogP contribution in [0.3, 0.4) is 0 Å². The normalized spacial score (nSPS) is 13.0. The minimum absolute atomic E-state index is 0.00206. The molecule has 1 aliphatic rings. The summed E-state index contributed by atoms with van der Waals surface area (Å²) >= 11 is 0. The molecule has 124 valence electrons. The average Bonchev–Trinajstić information content (AvgIpc) is 2.67. The molecule has 0 saturated carbocycles. The van der Waals surface area contributed by atoms with Crippen molar-refractivity contribution in [3.05, 3.63) is 89.5 Å². The van der Waals surface area contributed by atoms with Crippen LogP contribution in [0.15, 0.2) is 72.8 Å². The van der Waals surface area contributed by atoms with Gasteiger partial charge in [-0.05, 0) is 46.9 Å². The van der Waals surface area contributed by atoms with Gasteiger partial charge in [0.1, 0.15) is 12.4 Å². The number of fused-ring (bicyclic) bond motifs is 1. The fraction of sp³-hybridized carbons (Fsp3) is 0.136. The summed E-state index contributed by atoms with van der Waals surface area (Å²) < 4.78 is 6.02. The molecular formula is C22H19NO2. The van der Waals surface area contributed by atoms with Gasteiger partial charge in [-0.1, -0.05) is 54.6 Å². The maximum atomic E-state index is 11.8. The Kier molecular flexibility index (Phi) is 4.21. The fourth-order valence-electron chi connectivity index (χ4n) is 3.20. The van der Waals surface area contributed by atoms with E-state index in [1.165, 1.54) is 11.1 Å². The topological polar surface area (TPSA) is 38.3 Å². The number of rotatable bonds is 4. The summed E-state index contributed by atoms with van der Waals surface area (Å²) in [6.07, 6.45) is 0.846. The van der Waals surface area contributed by atoms with Crippen molar-refractivity contribution in [1.82, 2.24) is 5.32 Å². The van der Waals surface area contributed by atoms with E-state index in [9.17, 15) is 4.79 Å². The summed E-state index contributed by atoms with van der Waals surface area (Å²) in [6, 6.07) is 24.3. The molecule has 0 radical (unpaired) electrons. The number of amides is 1. The molecule has 1 amide bonds. The van der Waals surface area contributed by atoms with Crippen molar-refractivity contribution in [3.63, 3.8) is 0 Å². The van der Waals surface area contributed by atoms with Gasteiger partial charge in [0.2, 0.25) is 0 Å². The van der Waals surface area contributed by atoms with Gasteiger partial charge in [0.05, 0.1) is 0 Å². The monoisotopic (exact) mass is 329 g/mol. The highest BCUT2D eigenvalue weighted by Crippen LogP contribution is 2.26. The molecule has 0 fully saturated rings. The van der Waals surface area contributed by atoms with Crippen molar-refractivity contribution in [2.24, 2.45) is 0 Å². The molecule has 1 aliphatic heterocycles. The molecule has 0 bridgehead atoms. The number of hydrogen-bond acceptors (Lipinski definition) is 2. The lowest BCUT2D eigenvalue weighted by Gasteiger charge is -2.18. The number of hydrogen-bond donors (Lipinski definition) is 1. The largest absolute Gasteiger partial charge is 0.489 e. The smallest absolute Gasteiger partial charge is 0.251 e. The van der Waals surface area contributed by atoms with E-state index in [0.29, 0.717) is 13.2 Å². The fourth-order valence-corrected chi connectivity index (χ4v) is 3.20. The summed E-state index contributed by atoms with van der Waals surface area (Å²) in [6.45, 7) is 1.18. The van der Waals surface area contributed by atoms with Crippen molar-refractivity contribution >= 4 is 5.91 Å². The molecule has 0 aromatic heterocycles. The third-order valence-electron chi connectivity index (χ3n) is 4.50. The van der Waals surface area contributed by atoms with Crippen molar-refractivity contribution in [1.29, 1.82) is 0 Å². The summed E-state index contributed by atoms with van der Waals surface area (Å²) in [7, 11) is 0. The Morgan fingerprint density at radius 3 is 2.56 bits per heavy atom. The van der Waals surface area contributed by atoms with Crippen LogP contribution in [0.25, 0.3) is 11.1 Å².